The number of benzene rings is 2. The van der Waals surface area contributed by atoms with Crippen LogP contribution in [0.4, 0.5) is 9.59 Å². The molecule has 0 unspecified atom stereocenters. The number of hydrogen-bond acceptors (Lipinski definition) is 9. The molecule has 0 heterocycles. The third-order valence-corrected chi connectivity index (χ3v) is 7.76. The molecule has 0 aliphatic carbocycles. The number of amides is 2. The van der Waals surface area contributed by atoms with E-state index >= 15 is 0 Å². The molecule has 2 amide bonds. The van der Waals surface area contributed by atoms with E-state index < -0.39 is 71.3 Å². The monoisotopic (exact) mass is 623 g/mol. The summed E-state index contributed by atoms with van der Waals surface area (Å²) in [5.74, 6) is 0.440. The van der Waals surface area contributed by atoms with Gasteiger partial charge in [0.15, 0.2) is 0 Å². The number of ether oxygens (including phenoxy) is 3. The van der Waals surface area contributed by atoms with Crippen LogP contribution in [0.15, 0.2) is 59.5 Å². The molecule has 0 aromatic heterocycles. The Balaban J connectivity index is 2.43. The smallest absolute Gasteiger partial charge is 0.407 e. The minimum atomic E-state index is -4.29. The second-order valence-corrected chi connectivity index (χ2v) is 14.0. The van der Waals surface area contributed by atoms with Crippen molar-refractivity contribution in [3.8, 4) is 5.75 Å². The largest absolute Gasteiger partial charge is 0.497 e. The van der Waals surface area contributed by atoms with Crippen LogP contribution in [0.2, 0.25) is 0 Å². The predicted molar refractivity (Wildman–Crippen MR) is 161 cm³/mol. The zero-order chi connectivity index (χ0) is 32.4. The number of alkyl carbamates (subject to hydrolysis) is 2. The summed E-state index contributed by atoms with van der Waals surface area (Å²) in [6.45, 7) is 8.58. The maximum Gasteiger partial charge on any atom is 0.407 e. The number of aliphatic hydroxyl groups is 2. The first-order chi connectivity index (χ1) is 19.9. The SMILES string of the molecule is COc1ccc(S(=O)(=O)N(C[C@@H](CO)NC(=O)OC(C)(C)C)C[C@@H](O)[C@H](Cc2ccccc2)NC(=O)OC(C)(C)C)cc1. The minimum Gasteiger partial charge on any atom is -0.497 e. The van der Waals surface area contributed by atoms with E-state index in [0.717, 1.165) is 9.87 Å². The number of carbonyl (C=O) groups is 2. The summed E-state index contributed by atoms with van der Waals surface area (Å²) in [7, 11) is -2.84. The lowest BCUT2D eigenvalue weighted by Gasteiger charge is -2.32. The molecule has 0 saturated heterocycles. The Kier molecular flexibility index (Phi) is 12.8. The number of nitrogens with zero attached hydrogens (tertiary/aromatic N) is 1. The van der Waals surface area contributed by atoms with Crippen LogP contribution in [-0.2, 0) is 25.9 Å². The van der Waals surface area contributed by atoms with Crippen LogP contribution in [0.1, 0.15) is 47.1 Å². The van der Waals surface area contributed by atoms with E-state index in [0.29, 0.717) is 5.75 Å². The lowest BCUT2D eigenvalue weighted by Crippen LogP contribution is -2.54. The topological polar surface area (TPSA) is 164 Å². The highest BCUT2D eigenvalue weighted by atomic mass is 32.2. The predicted octanol–water partition coefficient (Wildman–Crippen LogP) is 3.07. The minimum absolute atomic E-state index is 0.103. The number of sulfonamides is 1. The fraction of sp³-hybridized carbons (Fsp3) is 0.533. The van der Waals surface area contributed by atoms with Gasteiger partial charge < -0.3 is 35.1 Å². The van der Waals surface area contributed by atoms with Crippen molar-refractivity contribution < 1.29 is 42.4 Å². The van der Waals surface area contributed by atoms with Crippen LogP contribution >= 0.6 is 0 Å². The molecule has 13 heteroatoms. The van der Waals surface area contributed by atoms with E-state index in [2.05, 4.69) is 10.6 Å². The molecule has 0 radical (unpaired) electrons. The molecular weight excluding hydrogens is 578 g/mol. The maximum absolute atomic E-state index is 13.9. The van der Waals surface area contributed by atoms with Gasteiger partial charge in [-0.1, -0.05) is 30.3 Å². The molecule has 2 aromatic carbocycles. The molecule has 2 aromatic rings. The van der Waals surface area contributed by atoms with Crippen molar-refractivity contribution in [1.82, 2.24) is 14.9 Å². The lowest BCUT2D eigenvalue weighted by molar-refractivity contribution is 0.0382. The Hall–Kier alpha value is -3.39. The summed E-state index contributed by atoms with van der Waals surface area (Å²) in [5, 5.41) is 26.6. The van der Waals surface area contributed by atoms with Crippen LogP contribution in [0.5, 0.6) is 5.75 Å². The molecule has 0 aliphatic heterocycles. The van der Waals surface area contributed by atoms with Crippen molar-refractivity contribution in [2.45, 2.75) is 82.2 Å². The summed E-state index contributed by atoms with van der Waals surface area (Å²) >= 11 is 0. The Labute approximate surface area is 254 Å². The van der Waals surface area contributed by atoms with Crippen molar-refractivity contribution in [2.24, 2.45) is 0 Å². The van der Waals surface area contributed by atoms with E-state index in [-0.39, 0.29) is 11.3 Å². The molecule has 0 spiro atoms. The van der Waals surface area contributed by atoms with Crippen molar-refractivity contribution in [3.05, 3.63) is 60.2 Å². The van der Waals surface area contributed by atoms with Crippen LogP contribution in [0.3, 0.4) is 0 Å². The third-order valence-electron chi connectivity index (χ3n) is 5.92. The van der Waals surface area contributed by atoms with Crippen LogP contribution in [0.25, 0.3) is 0 Å². The van der Waals surface area contributed by atoms with Gasteiger partial charge in [-0.25, -0.2) is 18.0 Å². The molecule has 43 heavy (non-hydrogen) atoms. The summed E-state index contributed by atoms with van der Waals surface area (Å²) in [6.07, 6.45) is -2.89. The zero-order valence-corrected chi connectivity index (χ0v) is 26.7. The van der Waals surface area contributed by atoms with E-state index in [1.165, 1.54) is 31.4 Å². The lowest BCUT2D eigenvalue weighted by atomic mass is 10.0. The molecule has 12 nitrogen and oxygen atoms in total. The summed E-state index contributed by atoms with van der Waals surface area (Å²) in [6, 6.07) is 12.7. The number of rotatable bonds is 13. The molecule has 0 bridgehead atoms. The fourth-order valence-corrected chi connectivity index (χ4v) is 5.49. The second kappa shape index (κ2) is 15.4. The van der Waals surface area contributed by atoms with Gasteiger partial charge in [-0.2, -0.15) is 4.31 Å². The normalized spacial score (nSPS) is 14.4. The number of nitrogens with one attached hydrogen (secondary N) is 2. The molecule has 4 N–H and O–H groups in total. The van der Waals surface area contributed by atoms with Gasteiger partial charge in [-0.3, -0.25) is 0 Å². The van der Waals surface area contributed by atoms with Crippen LogP contribution in [-0.4, -0.2) is 91.3 Å². The molecule has 3 atom stereocenters. The third kappa shape index (κ3) is 12.4. The van der Waals surface area contributed by atoms with Gasteiger partial charge in [0.05, 0.1) is 36.8 Å². The summed E-state index contributed by atoms with van der Waals surface area (Å²) in [5.41, 5.74) is -0.850. The molecule has 0 saturated carbocycles. The highest BCUT2D eigenvalue weighted by Gasteiger charge is 2.34. The van der Waals surface area contributed by atoms with Gasteiger partial charge in [-0.05, 0) is 77.8 Å². The van der Waals surface area contributed by atoms with E-state index in [9.17, 15) is 28.2 Å². The quantitative estimate of drug-likeness (QED) is 0.263. The van der Waals surface area contributed by atoms with Crippen LogP contribution < -0.4 is 15.4 Å². The van der Waals surface area contributed by atoms with Crippen molar-refractivity contribution in [1.29, 1.82) is 0 Å². The molecule has 0 fully saturated rings. The summed E-state index contributed by atoms with van der Waals surface area (Å²) < 4.78 is 44.5. The van der Waals surface area contributed by atoms with Crippen molar-refractivity contribution in [2.75, 3.05) is 26.8 Å². The molecule has 0 aliphatic rings. The van der Waals surface area contributed by atoms with Gasteiger partial charge in [0.2, 0.25) is 10.0 Å². The van der Waals surface area contributed by atoms with Crippen molar-refractivity contribution in [3.63, 3.8) is 0 Å². The average Bonchev–Trinajstić information content (AvgIpc) is 2.90. The summed E-state index contributed by atoms with van der Waals surface area (Å²) in [4.78, 5) is 25.0. The Morgan fingerprint density at radius 3 is 1.88 bits per heavy atom. The van der Waals surface area contributed by atoms with Crippen molar-refractivity contribution >= 4 is 22.2 Å². The first-order valence-corrected chi connectivity index (χ1v) is 15.3. The number of aliphatic hydroxyl groups excluding tert-OH is 2. The first-order valence-electron chi connectivity index (χ1n) is 13.9. The second-order valence-electron chi connectivity index (χ2n) is 12.0. The molecule has 240 valence electrons. The molecule has 2 rings (SSSR count). The standard InChI is InChI=1S/C30H45N3O9S/c1-29(2,3)41-27(36)31-22(20-34)18-33(43(38,39)24-15-13-23(40-7)14-16-24)19-26(35)25(17-21-11-9-8-10-12-21)32-28(37)42-30(4,5)6/h8-16,22,25-26,34-35H,17-20H2,1-7H3,(H,31,36)(H,32,37)/t22-,25-,26+/m0/s1. The zero-order valence-electron chi connectivity index (χ0n) is 25.9. The van der Waals surface area contributed by atoms with E-state index in [1.807, 2.05) is 18.2 Å². The van der Waals surface area contributed by atoms with Gasteiger partial charge >= 0.3 is 12.2 Å². The Morgan fingerprint density at radius 2 is 1.40 bits per heavy atom. The van der Waals surface area contributed by atoms with Gasteiger partial charge in [-0.15, -0.1) is 0 Å². The van der Waals surface area contributed by atoms with Gasteiger partial charge in [0.1, 0.15) is 17.0 Å². The van der Waals surface area contributed by atoms with Gasteiger partial charge in [0.25, 0.3) is 0 Å². The fourth-order valence-electron chi connectivity index (χ4n) is 3.98. The highest BCUT2D eigenvalue weighted by molar-refractivity contribution is 7.89. The maximum atomic E-state index is 13.9. The molecular formula is C30H45N3O9S. The van der Waals surface area contributed by atoms with Crippen LogP contribution in [0, 0.1) is 0 Å². The van der Waals surface area contributed by atoms with Gasteiger partial charge in [0, 0.05) is 13.1 Å². The average molecular weight is 624 g/mol. The number of carbonyl (C=O) groups excluding carboxylic acids is 2. The number of methoxy groups -OCH3 is 1. The Morgan fingerprint density at radius 1 is 0.860 bits per heavy atom. The van der Waals surface area contributed by atoms with E-state index in [4.69, 9.17) is 14.2 Å². The highest BCUT2D eigenvalue weighted by Crippen LogP contribution is 2.21. The Bertz CT molecular complexity index is 1270. The first kappa shape index (κ1) is 35.8. The van der Waals surface area contributed by atoms with E-state index in [1.54, 1.807) is 53.7 Å². The number of hydrogen-bond donors (Lipinski definition) is 4.